The lowest BCUT2D eigenvalue weighted by atomic mass is 10.1. The summed E-state index contributed by atoms with van der Waals surface area (Å²) in [5.41, 5.74) is 2.01. The zero-order valence-electron chi connectivity index (χ0n) is 14.2. The molecule has 24 heavy (non-hydrogen) atoms. The summed E-state index contributed by atoms with van der Waals surface area (Å²) in [6.07, 6.45) is 1.73. The third kappa shape index (κ3) is 4.26. The first kappa shape index (κ1) is 17.8. The van der Waals surface area contributed by atoms with Crippen molar-refractivity contribution in [2.24, 2.45) is 0 Å². The van der Waals surface area contributed by atoms with Crippen molar-refractivity contribution in [2.45, 2.75) is 13.5 Å². The molecule has 0 amide bonds. The highest BCUT2D eigenvalue weighted by molar-refractivity contribution is 7.80. The van der Waals surface area contributed by atoms with Crippen LogP contribution in [0.25, 0.3) is 0 Å². The van der Waals surface area contributed by atoms with Crippen LogP contribution in [0.4, 0.5) is 5.82 Å². The number of hydrogen-bond donors (Lipinski definition) is 2. The van der Waals surface area contributed by atoms with E-state index in [1.807, 2.05) is 31.2 Å². The highest BCUT2D eigenvalue weighted by atomic mass is 32.1. The van der Waals surface area contributed by atoms with Crippen molar-refractivity contribution >= 4 is 23.1 Å². The molecule has 2 aromatic rings. The van der Waals surface area contributed by atoms with E-state index in [1.165, 1.54) is 0 Å². The van der Waals surface area contributed by atoms with Gasteiger partial charge in [0.25, 0.3) is 0 Å². The third-order valence-corrected chi connectivity index (χ3v) is 3.63. The molecule has 0 aliphatic heterocycles. The number of pyridine rings is 1. The summed E-state index contributed by atoms with van der Waals surface area (Å²) in [5, 5.41) is 6.67. The van der Waals surface area contributed by atoms with Crippen molar-refractivity contribution in [3.8, 4) is 17.2 Å². The molecule has 0 unspecified atom stereocenters. The van der Waals surface area contributed by atoms with Crippen molar-refractivity contribution in [1.29, 1.82) is 0 Å². The molecule has 0 atom stereocenters. The van der Waals surface area contributed by atoms with Gasteiger partial charge in [-0.15, -0.1) is 0 Å². The van der Waals surface area contributed by atoms with E-state index in [9.17, 15) is 0 Å². The molecule has 0 saturated carbocycles. The van der Waals surface area contributed by atoms with Gasteiger partial charge in [0, 0.05) is 18.3 Å². The molecule has 0 aliphatic carbocycles. The SMILES string of the molecule is COc1ccc(CNC(=S)Nc2cc(C)ccn2)c(OC)c1OC. The summed E-state index contributed by atoms with van der Waals surface area (Å²) in [6, 6.07) is 7.58. The van der Waals surface area contributed by atoms with Crippen LogP contribution in [0.5, 0.6) is 17.2 Å². The van der Waals surface area contributed by atoms with Gasteiger partial charge < -0.3 is 24.8 Å². The van der Waals surface area contributed by atoms with E-state index in [0.717, 1.165) is 11.1 Å². The predicted octanol–water partition coefficient (Wildman–Crippen LogP) is 2.90. The topological polar surface area (TPSA) is 64.6 Å². The molecular weight excluding hydrogens is 326 g/mol. The third-order valence-electron chi connectivity index (χ3n) is 3.38. The van der Waals surface area contributed by atoms with Crippen molar-refractivity contribution in [3.63, 3.8) is 0 Å². The van der Waals surface area contributed by atoms with Gasteiger partial charge >= 0.3 is 0 Å². The Hall–Kier alpha value is -2.54. The number of thiocarbonyl (C=S) groups is 1. The number of anilines is 1. The van der Waals surface area contributed by atoms with Gasteiger partial charge in [0.2, 0.25) is 5.75 Å². The molecule has 6 nitrogen and oxygen atoms in total. The Morgan fingerprint density at radius 2 is 1.83 bits per heavy atom. The van der Waals surface area contributed by atoms with Crippen molar-refractivity contribution < 1.29 is 14.2 Å². The van der Waals surface area contributed by atoms with Crippen molar-refractivity contribution in [2.75, 3.05) is 26.6 Å². The maximum absolute atomic E-state index is 5.46. The van der Waals surface area contributed by atoms with Crippen LogP contribution >= 0.6 is 12.2 Å². The monoisotopic (exact) mass is 347 g/mol. The molecular formula is C17H21N3O3S. The quantitative estimate of drug-likeness (QED) is 0.779. The van der Waals surface area contributed by atoms with Crippen molar-refractivity contribution in [1.82, 2.24) is 10.3 Å². The first-order valence-corrected chi connectivity index (χ1v) is 7.75. The number of hydrogen-bond acceptors (Lipinski definition) is 5. The summed E-state index contributed by atoms with van der Waals surface area (Å²) in [4.78, 5) is 4.22. The number of aryl methyl sites for hydroxylation is 1. The van der Waals surface area contributed by atoms with Gasteiger partial charge in [-0.3, -0.25) is 0 Å². The molecule has 2 N–H and O–H groups in total. The average molecular weight is 347 g/mol. The summed E-state index contributed by atoms with van der Waals surface area (Å²) in [7, 11) is 4.75. The minimum Gasteiger partial charge on any atom is -0.493 e. The average Bonchev–Trinajstić information content (AvgIpc) is 2.58. The second-order valence-corrected chi connectivity index (χ2v) is 5.43. The number of nitrogens with one attached hydrogen (secondary N) is 2. The van der Waals surface area contributed by atoms with Crippen LogP contribution < -0.4 is 24.8 Å². The highest BCUT2D eigenvalue weighted by Gasteiger charge is 2.15. The normalized spacial score (nSPS) is 10.0. The van der Waals surface area contributed by atoms with E-state index in [4.69, 9.17) is 26.4 Å². The van der Waals surface area contributed by atoms with Gasteiger partial charge in [-0.2, -0.15) is 0 Å². The van der Waals surface area contributed by atoms with Gasteiger partial charge in [-0.25, -0.2) is 4.98 Å². The van der Waals surface area contributed by atoms with Crippen LogP contribution in [0.1, 0.15) is 11.1 Å². The summed E-state index contributed by atoms with van der Waals surface area (Å²) >= 11 is 5.31. The van der Waals surface area contributed by atoms with E-state index in [2.05, 4.69) is 15.6 Å². The first-order chi connectivity index (χ1) is 11.6. The molecule has 128 valence electrons. The molecule has 2 rings (SSSR count). The standard InChI is InChI=1S/C17H21N3O3S/c1-11-7-8-18-14(9-11)20-17(24)19-10-12-5-6-13(21-2)16(23-4)15(12)22-3/h5-9H,10H2,1-4H3,(H2,18,19,20,24). The Bertz CT molecular complexity index is 722. The molecule has 0 fully saturated rings. The number of aromatic nitrogens is 1. The van der Waals surface area contributed by atoms with Gasteiger partial charge in [-0.05, 0) is 49.0 Å². The fourth-order valence-electron chi connectivity index (χ4n) is 2.24. The molecule has 0 radical (unpaired) electrons. The van der Waals surface area contributed by atoms with Gasteiger partial charge in [0.15, 0.2) is 16.6 Å². The lowest BCUT2D eigenvalue weighted by molar-refractivity contribution is 0.322. The summed E-state index contributed by atoms with van der Waals surface area (Å²) < 4.78 is 16.1. The zero-order valence-corrected chi connectivity index (χ0v) is 15.0. The van der Waals surface area contributed by atoms with Gasteiger partial charge in [0.1, 0.15) is 5.82 Å². The number of ether oxygens (including phenoxy) is 3. The minimum atomic E-state index is 0.473. The molecule has 1 aromatic carbocycles. The Morgan fingerprint density at radius 3 is 2.46 bits per heavy atom. The molecule has 0 bridgehead atoms. The van der Waals surface area contributed by atoms with Crippen LogP contribution in [0.2, 0.25) is 0 Å². The highest BCUT2D eigenvalue weighted by Crippen LogP contribution is 2.39. The Balaban J connectivity index is 2.07. The van der Waals surface area contributed by atoms with E-state index in [-0.39, 0.29) is 0 Å². The second-order valence-electron chi connectivity index (χ2n) is 5.02. The maximum Gasteiger partial charge on any atom is 0.203 e. The Labute approximate surface area is 147 Å². The minimum absolute atomic E-state index is 0.473. The summed E-state index contributed by atoms with van der Waals surface area (Å²) in [5.74, 6) is 2.48. The number of methoxy groups -OCH3 is 3. The van der Waals surface area contributed by atoms with E-state index >= 15 is 0 Å². The molecule has 0 spiro atoms. The molecule has 1 heterocycles. The predicted molar refractivity (Wildman–Crippen MR) is 98.1 cm³/mol. The fourth-order valence-corrected chi connectivity index (χ4v) is 2.42. The molecule has 0 saturated heterocycles. The number of rotatable bonds is 6. The van der Waals surface area contributed by atoms with Crippen LogP contribution in [0.15, 0.2) is 30.5 Å². The van der Waals surface area contributed by atoms with Gasteiger partial charge in [0.05, 0.1) is 21.3 Å². The lowest BCUT2D eigenvalue weighted by Gasteiger charge is -2.17. The lowest BCUT2D eigenvalue weighted by Crippen LogP contribution is -2.28. The zero-order chi connectivity index (χ0) is 17.5. The molecule has 1 aromatic heterocycles. The van der Waals surface area contributed by atoms with Gasteiger partial charge in [-0.1, -0.05) is 0 Å². The Kier molecular flexibility index (Phi) is 6.20. The largest absolute Gasteiger partial charge is 0.493 e. The van der Waals surface area contributed by atoms with E-state index < -0.39 is 0 Å². The number of nitrogens with zero attached hydrogens (tertiary/aromatic N) is 1. The Morgan fingerprint density at radius 1 is 1.08 bits per heavy atom. The maximum atomic E-state index is 5.46. The number of benzene rings is 1. The van der Waals surface area contributed by atoms with Crippen LogP contribution in [0, 0.1) is 6.92 Å². The van der Waals surface area contributed by atoms with Crippen LogP contribution in [0.3, 0.4) is 0 Å². The fraction of sp³-hybridized carbons (Fsp3) is 0.294. The second kappa shape index (κ2) is 8.35. The molecule has 0 aliphatic rings. The molecule has 7 heteroatoms. The van der Waals surface area contributed by atoms with Crippen molar-refractivity contribution in [3.05, 3.63) is 41.6 Å². The smallest absolute Gasteiger partial charge is 0.203 e. The first-order valence-electron chi connectivity index (χ1n) is 7.34. The van der Waals surface area contributed by atoms with E-state index in [1.54, 1.807) is 27.5 Å². The summed E-state index contributed by atoms with van der Waals surface area (Å²) in [6.45, 7) is 2.47. The van der Waals surface area contributed by atoms with Crippen LogP contribution in [-0.4, -0.2) is 31.4 Å². The van der Waals surface area contributed by atoms with E-state index in [0.29, 0.717) is 34.7 Å². The van der Waals surface area contributed by atoms with Crippen LogP contribution in [-0.2, 0) is 6.54 Å².